The summed E-state index contributed by atoms with van der Waals surface area (Å²) in [7, 11) is 0. The van der Waals surface area contributed by atoms with Crippen molar-refractivity contribution in [1.29, 1.82) is 0 Å². The predicted octanol–water partition coefficient (Wildman–Crippen LogP) is 2.78. The molecule has 5 rings (SSSR count). The zero-order valence-electron chi connectivity index (χ0n) is 18.1. The van der Waals surface area contributed by atoms with Gasteiger partial charge in [-0.1, -0.05) is 24.3 Å². The Bertz CT molecular complexity index is 1360. The minimum Gasteiger partial charge on any atom is -0.379 e. The van der Waals surface area contributed by atoms with E-state index in [1.54, 1.807) is 18.2 Å². The lowest BCUT2D eigenvalue weighted by Crippen LogP contribution is -2.35. The maximum absolute atomic E-state index is 13.2. The number of nitro benzene ring substituents is 1. The lowest BCUT2D eigenvalue weighted by Gasteiger charge is -2.26. The number of carbonyl (C=O) groups excluding carboxylic acids is 1. The van der Waals surface area contributed by atoms with Crippen LogP contribution in [0.5, 0.6) is 0 Å². The molecule has 1 N–H and O–H groups in total. The second-order valence-electron chi connectivity index (χ2n) is 7.85. The summed E-state index contributed by atoms with van der Waals surface area (Å²) in [6, 6.07) is 15.3. The standard InChI is InChI=1S/C23H21N7O4/c31-22(26-18-5-1-3-16(11-18)14-28-7-9-34-10-8-28)21-13-20(27-23-24-15-25-29(21)23)17-4-2-6-19(12-17)30(32)33/h1-6,11-13,15H,7-10,14H2,(H,26,31). The molecule has 2 aromatic carbocycles. The van der Waals surface area contributed by atoms with Crippen molar-refractivity contribution < 1.29 is 14.5 Å². The summed E-state index contributed by atoms with van der Waals surface area (Å²) in [4.78, 5) is 34.7. The molecule has 1 aliphatic rings. The molecule has 0 atom stereocenters. The average Bonchev–Trinajstić information content (AvgIpc) is 3.33. The summed E-state index contributed by atoms with van der Waals surface area (Å²) in [5.41, 5.74) is 2.76. The van der Waals surface area contributed by atoms with Gasteiger partial charge in [-0.15, -0.1) is 0 Å². The maximum atomic E-state index is 13.2. The van der Waals surface area contributed by atoms with Gasteiger partial charge < -0.3 is 10.1 Å². The molecule has 0 bridgehead atoms. The van der Waals surface area contributed by atoms with E-state index in [1.165, 1.54) is 23.0 Å². The second kappa shape index (κ2) is 9.33. The van der Waals surface area contributed by atoms with Crippen molar-refractivity contribution in [3.63, 3.8) is 0 Å². The van der Waals surface area contributed by atoms with Crippen molar-refractivity contribution in [1.82, 2.24) is 24.5 Å². The minimum atomic E-state index is -0.476. The number of nitro groups is 1. The number of non-ortho nitro benzene ring substituents is 1. The van der Waals surface area contributed by atoms with Crippen molar-refractivity contribution in [2.24, 2.45) is 0 Å². The van der Waals surface area contributed by atoms with Gasteiger partial charge in [-0.3, -0.25) is 19.8 Å². The highest BCUT2D eigenvalue weighted by Crippen LogP contribution is 2.24. The molecular formula is C23H21N7O4. The lowest BCUT2D eigenvalue weighted by molar-refractivity contribution is -0.384. The van der Waals surface area contributed by atoms with E-state index < -0.39 is 10.8 Å². The minimum absolute atomic E-state index is 0.0660. The first kappa shape index (κ1) is 21.6. The number of aromatic nitrogens is 4. The van der Waals surface area contributed by atoms with Crippen LogP contribution in [0.2, 0.25) is 0 Å². The molecule has 11 nitrogen and oxygen atoms in total. The topological polar surface area (TPSA) is 128 Å². The fourth-order valence-electron chi connectivity index (χ4n) is 3.86. The number of hydrogen-bond acceptors (Lipinski definition) is 8. The molecule has 1 aliphatic heterocycles. The van der Waals surface area contributed by atoms with Crippen LogP contribution in [0.4, 0.5) is 11.4 Å². The first-order valence-electron chi connectivity index (χ1n) is 10.7. The van der Waals surface area contributed by atoms with Gasteiger partial charge in [0.25, 0.3) is 17.4 Å². The summed E-state index contributed by atoms with van der Waals surface area (Å²) in [5.74, 6) is -0.177. The number of hydrogen-bond donors (Lipinski definition) is 1. The van der Waals surface area contributed by atoms with E-state index in [4.69, 9.17) is 4.74 Å². The zero-order valence-corrected chi connectivity index (χ0v) is 18.1. The number of amides is 1. The fourth-order valence-corrected chi connectivity index (χ4v) is 3.86. The predicted molar refractivity (Wildman–Crippen MR) is 123 cm³/mol. The fraction of sp³-hybridized carbons (Fsp3) is 0.217. The molecule has 172 valence electrons. The van der Waals surface area contributed by atoms with Gasteiger partial charge >= 0.3 is 0 Å². The van der Waals surface area contributed by atoms with E-state index in [9.17, 15) is 14.9 Å². The number of fused-ring (bicyclic) bond motifs is 1. The molecule has 34 heavy (non-hydrogen) atoms. The third-order valence-corrected chi connectivity index (χ3v) is 5.53. The van der Waals surface area contributed by atoms with Gasteiger partial charge in [-0.2, -0.15) is 14.6 Å². The molecule has 11 heteroatoms. The SMILES string of the molecule is O=C(Nc1cccc(CN2CCOCC2)c1)c1cc(-c2cccc([N+](=O)[O-])c2)nc2ncnn12. The smallest absolute Gasteiger partial charge is 0.274 e. The van der Waals surface area contributed by atoms with Gasteiger partial charge in [0.15, 0.2) is 0 Å². The Balaban J connectivity index is 1.42. The molecule has 2 aromatic heterocycles. The Kier molecular flexibility index (Phi) is 5.93. The molecule has 0 spiro atoms. The van der Waals surface area contributed by atoms with Crippen LogP contribution in [0.15, 0.2) is 60.9 Å². The highest BCUT2D eigenvalue weighted by Gasteiger charge is 2.18. The zero-order chi connectivity index (χ0) is 23.5. The Morgan fingerprint density at radius 3 is 2.76 bits per heavy atom. The van der Waals surface area contributed by atoms with Crippen LogP contribution in [-0.2, 0) is 11.3 Å². The van der Waals surface area contributed by atoms with Crippen molar-refractivity contribution in [2.45, 2.75) is 6.54 Å². The van der Waals surface area contributed by atoms with Gasteiger partial charge in [0, 0.05) is 43.0 Å². The van der Waals surface area contributed by atoms with Gasteiger partial charge in [0.05, 0.1) is 23.8 Å². The molecule has 0 aliphatic carbocycles. The van der Waals surface area contributed by atoms with Gasteiger partial charge in [0.1, 0.15) is 12.0 Å². The largest absolute Gasteiger partial charge is 0.379 e. The molecule has 1 fully saturated rings. The van der Waals surface area contributed by atoms with Crippen LogP contribution < -0.4 is 5.32 Å². The summed E-state index contributed by atoms with van der Waals surface area (Å²) >= 11 is 0. The monoisotopic (exact) mass is 459 g/mol. The number of carbonyl (C=O) groups is 1. The van der Waals surface area contributed by atoms with Crippen LogP contribution in [0.25, 0.3) is 17.0 Å². The van der Waals surface area contributed by atoms with Gasteiger partial charge in [0.2, 0.25) is 0 Å². The Hall–Kier alpha value is -4.22. The van der Waals surface area contributed by atoms with E-state index in [1.807, 2.05) is 24.3 Å². The molecular weight excluding hydrogens is 438 g/mol. The third kappa shape index (κ3) is 4.60. The first-order valence-corrected chi connectivity index (χ1v) is 10.7. The van der Waals surface area contributed by atoms with Crippen molar-refractivity contribution in [3.05, 3.63) is 82.3 Å². The van der Waals surface area contributed by atoms with E-state index >= 15 is 0 Å². The van der Waals surface area contributed by atoms with Crippen molar-refractivity contribution in [2.75, 3.05) is 31.6 Å². The van der Waals surface area contributed by atoms with Crippen LogP contribution in [0.3, 0.4) is 0 Å². The highest BCUT2D eigenvalue weighted by molar-refractivity contribution is 6.04. The summed E-state index contributed by atoms with van der Waals surface area (Å²) in [5, 5.41) is 18.2. The molecule has 0 radical (unpaired) electrons. The Morgan fingerprint density at radius 1 is 1.12 bits per heavy atom. The van der Waals surface area contributed by atoms with Gasteiger partial charge in [-0.05, 0) is 23.8 Å². The number of benzene rings is 2. The second-order valence-corrected chi connectivity index (χ2v) is 7.85. The lowest BCUT2D eigenvalue weighted by atomic mass is 10.1. The maximum Gasteiger partial charge on any atom is 0.274 e. The number of rotatable bonds is 6. The van der Waals surface area contributed by atoms with Crippen molar-refractivity contribution in [3.8, 4) is 11.3 Å². The van der Waals surface area contributed by atoms with E-state index in [0.717, 1.165) is 38.4 Å². The number of anilines is 1. The van der Waals surface area contributed by atoms with Crippen LogP contribution in [-0.4, -0.2) is 61.6 Å². The van der Waals surface area contributed by atoms with E-state index in [2.05, 4.69) is 25.3 Å². The first-order chi connectivity index (χ1) is 16.6. The number of nitrogens with zero attached hydrogens (tertiary/aromatic N) is 6. The summed E-state index contributed by atoms with van der Waals surface area (Å²) in [6.07, 6.45) is 1.30. The number of morpholine rings is 1. The number of ether oxygens (including phenoxy) is 1. The Morgan fingerprint density at radius 2 is 1.94 bits per heavy atom. The molecule has 0 unspecified atom stereocenters. The van der Waals surface area contributed by atoms with Crippen LogP contribution >= 0.6 is 0 Å². The quantitative estimate of drug-likeness (QED) is 0.344. The van der Waals surface area contributed by atoms with E-state index in [-0.39, 0.29) is 17.2 Å². The van der Waals surface area contributed by atoms with Gasteiger partial charge in [-0.25, -0.2) is 4.98 Å². The molecule has 1 saturated heterocycles. The van der Waals surface area contributed by atoms with Crippen LogP contribution in [0, 0.1) is 10.1 Å². The molecule has 0 saturated carbocycles. The molecule has 1 amide bonds. The number of nitrogens with one attached hydrogen (secondary N) is 1. The summed E-state index contributed by atoms with van der Waals surface area (Å²) in [6.45, 7) is 3.96. The van der Waals surface area contributed by atoms with E-state index in [0.29, 0.717) is 16.9 Å². The van der Waals surface area contributed by atoms with Crippen molar-refractivity contribution >= 4 is 23.1 Å². The Labute approximate surface area is 194 Å². The highest BCUT2D eigenvalue weighted by atomic mass is 16.6. The van der Waals surface area contributed by atoms with Crippen LogP contribution in [0.1, 0.15) is 16.1 Å². The summed E-state index contributed by atoms with van der Waals surface area (Å²) < 4.78 is 6.74. The third-order valence-electron chi connectivity index (χ3n) is 5.53. The average molecular weight is 459 g/mol. The molecule has 3 heterocycles. The normalized spacial score (nSPS) is 14.2. The molecule has 4 aromatic rings.